The number of benzene rings is 2. The molecule has 2 amide bonds. The van der Waals surface area contributed by atoms with Gasteiger partial charge in [-0.05, 0) is 19.1 Å². The van der Waals surface area contributed by atoms with E-state index in [0.29, 0.717) is 11.3 Å². The van der Waals surface area contributed by atoms with Gasteiger partial charge in [0.1, 0.15) is 11.6 Å². The van der Waals surface area contributed by atoms with E-state index in [4.69, 9.17) is 16.3 Å². The molecule has 2 aliphatic heterocycles. The van der Waals surface area contributed by atoms with Crippen molar-refractivity contribution in [1.82, 2.24) is 0 Å². The highest BCUT2D eigenvalue weighted by Crippen LogP contribution is 2.46. The second-order valence-corrected chi connectivity index (χ2v) is 6.83. The number of aliphatic imine (C=N–C) groups is 1. The summed E-state index contributed by atoms with van der Waals surface area (Å²) in [6, 6.07) is 15.4. The number of cyclic esters (lactones) is 1. The summed E-state index contributed by atoms with van der Waals surface area (Å²) in [5.41, 5.74) is -0.534. The molecule has 1 saturated heterocycles. The smallest absolute Gasteiger partial charge is 0.354 e. The zero-order valence-corrected chi connectivity index (χ0v) is 15.1. The summed E-state index contributed by atoms with van der Waals surface area (Å²) in [6.07, 6.45) is -0.136. The Morgan fingerprint density at radius 1 is 1.07 bits per heavy atom. The topological polar surface area (TPSA) is 76.0 Å². The maximum Gasteiger partial charge on any atom is 0.354 e. The van der Waals surface area contributed by atoms with Crippen LogP contribution < -0.4 is 4.90 Å². The quantitative estimate of drug-likeness (QED) is 0.603. The van der Waals surface area contributed by atoms with Crippen molar-refractivity contribution in [1.29, 1.82) is 0 Å². The molecular formula is C20H15ClN2O4. The number of nitrogens with zero attached hydrogens (tertiary/aromatic N) is 2. The lowest BCUT2D eigenvalue weighted by Crippen LogP contribution is -2.40. The van der Waals surface area contributed by atoms with Crippen molar-refractivity contribution in [2.24, 2.45) is 10.9 Å². The summed E-state index contributed by atoms with van der Waals surface area (Å²) in [7, 11) is 0. The molecule has 0 spiro atoms. The van der Waals surface area contributed by atoms with Crippen LogP contribution in [0.2, 0.25) is 5.02 Å². The second kappa shape index (κ2) is 6.32. The van der Waals surface area contributed by atoms with Gasteiger partial charge in [0.05, 0.1) is 10.7 Å². The van der Waals surface area contributed by atoms with E-state index >= 15 is 0 Å². The van der Waals surface area contributed by atoms with Gasteiger partial charge >= 0.3 is 5.97 Å². The van der Waals surface area contributed by atoms with Gasteiger partial charge in [0.2, 0.25) is 17.5 Å². The Morgan fingerprint density at radius 2 is 1.74 bits per heavy atom. The van der Waals surface area contributed by atoms with E-state index in [1.807, 2.05) is 6.07 Å². The molecule has 0 unspecified atom stereocenters. The first kappa shape index (κ1) is 17.4. The van der Waals surface area contributed by atoms with Gasteiger partial charge in [-0.1, -0.05) is 54.1 Å². The minimum absolute atomic E-state index is 0.136. The average molecular weight is 383 g/mol. The first-order valence-corrected chi connectivity index (χ1v) is 8.78. The van der Waals surface area contributed by atoms with Crippen molar-refractivity contribution in [2.45, 2.75) is 19.1 Å². The number of hydrogen-bond donors (Lipinski definition) is 0. The molecule has 0 N–H and O–H groups in total. The van der Waals surface area contributed by atoms with Gasteiger partial charge in [-0.3, -0.25) is 9.59 Å². The predicted octanol–water partition coefficient (Wildman–Crippen LogP) is 3.09. The standard InChI is InChI=1S/C20H15ClN2O4/c1-12-19(26)27-20(22-12,13-7-3-2-4-8-13)14-11-17(24)23(18(14)25)16-10-6-5-9-15(16)21/h2-10,14H,11H2,1H3/t14-,20-/m0/s1. The zero-order valence-electron chi connectivity index (χ0n) is 14.4. The van der Waals surface area contributed by atoms with E-state index in [9.17, 15) is 14.4 Å². The molecule has 2 heterocycles. The molecule has 0 radical (unpaired) electrons. The van der Waals surface area contributed by atoms with Crippen LogP contribution in [-0.2, 0) is 24.8 Å². The van der Waals surface area contributed by atoms with Gasteiger partial charge in [-0.15, -0.1) is 0 Å². The third-order valence-electron chi connectivity index (χ3n) is 4.78. The molecule has 27 heavy (non-hydrogen) atoms. The number of para-hydroxylation sites is 1. The summed E-state index contributed by atoms with van der Waals surface area (Å²) in [5, 5.41) is 0.289. The lowest BCUT2D eigenvalue weighted by molar-refractivity contribution is -0.156. The monoisotopic (exact) mass is 382 g/mol. The Labute approximate surface area is 160 Å². The number of anilines is 1. The van der Waals surface area contributed by atoms with Gasteiger partial charge in [-0.25, -0.2) is 14.7 Å². The third kappa shape index (κ3) is 2.64. The highest BCUT2D eigenvalue weighted by molar-refractivity contribution is 6.37. The number of halogens is 1. The van der Waals surface area contributed by atoms with Crippen LogP contribution in [0, 0.1) is 5.92 Å². The molecule has 2 aromatic rings. The van der Waals surface area contributed by atoms with Gasteiger partial charge < -0.3 is 4.74 Å². The fourth-order valence-corrected chi connectivity index (χ4v) is 3.73. The Hall–Kier alpha value is -2.99. The summed E-state index contributed by atoms with van der Waals surface area (Å²) in [5.74, 6) is -2.48. The van der Waals surface area contributed by atoms with E-state index in [1.165, 1.54) is 6.92 Å². The van der Waals surface area contributed by atoms with Crippen molar-refractivity contribution >= 4 is 40.8 Å². The SMILES string of the molecule is CC1=N[C@](c2ccccc2)([C@H]2CC(=O)N(c3ccccc3Cl)C2=O)OC1=O. The second-order valence-electron chi connectivity index (χ2n) is 6.42. The van der Waals surface area contributed by atoms with Gasteiger partial charge in [-0.2, -0.15) is 0 Å². The molecule has 136 valence electrons. The molecule has 0 aliphatic carbocycles. The molecule has 2 aliphatic rings. The van der Waals surface area contributed by atoms with Crippen LogP contribution in [0.3, 0.4) is 0 Å². The molecule has 0 saturated carbocycles. The molecule has 4 rings (SSSR count). The summed E-state index contributed by atoms with van der Waals surface area (Å²) < 4.78 is 5.59. The zero-order chi connectivity index (χ0) is 19.2. The number of esters is 1. The van der Waals surface area contributed by atoms with E-state index in [-0.39, 0.29) is 17.2 Å². The number of rotatable bonds is 3. The van der Waals surface area contributed by atoms with E-state index in [2.05, 4.69) is 4.99 Å². The number of amides is 2. The lowest BCUT2D eigenvalue weighted by atomic mass is 9.87. The average Bonchev–Trinajstić information content (AvgIpc) is 3.13. The predicted molar refractivity (Wildman–Crippen MR) is 99.4 cm³/mol. The molecule has 7 heteroatoms. The Bertz CT molecular complexity index is 988. The van der Waals surface area contributed by atoms with Gasteiger partial charge in [0, 0.05) is 12.0 Å². The molecule has 6 nitrogen and oxygen atoms in total. The Balaban J connectivity index is 1.82. The normalized spacial score (nSPS) is 25.0. The van der Waals surface area contributed by atoms with E-state index in [1.54, 1.807) is 48.5 Å². The van der Waals surface area contributed by atoms with Crippen LogP contribution >= 0.6 is 11.6 Å². The number of imide groups is 1. The lowest BCUT2D eigenvalue weighted by Gasteiger charge is -2.30. The van der Waals surface area contributed by atoms with Crippen LogP contribution in [0.25, 0.3) is 0 Å². The number of carbonyl (C=O) groups excluding carboxylic acids is 3. The van der Waals surface area contributed by atoms with E-state index in [0.717, 1.165) is 4.90 Å². The first-order chi connectivity index (χ1) is 12.9. The van der Waals surface area contributed by atoms with Crippen LogP contribution in [0.4, 0.5) is 5.69 Å². The van der Waals surface area contributed by atoms with Crippen LogP contribution in [0.1, 0.15) is 18.9 Å². The van der Waals surface area contributed by atoms with Gasteiger partial charge in [0.25, 0.3) is 0 Å². The fourth-order valence-electron chi connectivity index (χ4n) is 3.51. The minimum Gasteiger partial charge on any atom is -0.427 e. The van der Waals surface area contributed by atoms with Crippen LogP contribution in [-0.4, -0.2) is 23.5 Å². The van der Waals surface area contributed by atoms with Crippen LogP contribution in [0.5, 0.6) is 0 Å². The molecule has 2 aromatic carbocycles. The summed E-state index contributed by atoms with van der Waals surface area (Å²) in [6.45, 7) is 1.53. The van der Waals surface area contributed by atoms with Crippen molar-refractivity contribution < 1.29 is 19.1 Å². The third-order valence-corrected chi connectivity index (χ3v) is 5.10. The number of hydrogen-bond acceptors (Lipinski definition) is 5. The van der Waals surface area contributed by atoms with Crippen molar-refractivity contribution in [2.75, 3.05) is 4.90 Å². The largest absolute Gasteiger partial charge is 0.427 e. The maximum atomic E-state index is 13.2. The fraction of sp³-hybridized carbons (Fsp3) is 0.200. The summed E-state index contributed by atoms with van der Waals surface area (Å²) in [4.78, 5) is 43.5. The molecule has 0 aromatic heterocycles. The highest BCUT2D eigenvalue weighted by Gasteiger charge is 2.58. The van der Waals surface area contributed by atoms with Crippen molar-refractivity contribution in [3.8, 4) is 0 Å². The van der Waals surface area contributed by atoms with E-state index < -0.39 is 29.4 Å². The Kier molecular flexibility index (Phi) is 4.08. The summed E-state index contributed by atoms with van der Waals surface area (Å²) >= 11 is 6.18. The first-order valence-electron chi connectivity index (χ1n) is 8.40. The molecule has 2 atom stereocenters. The number of ether oxygens (including phenoxy) is 1. The van der Waals surface area contributed by atoms with Crippen molar-refractivity contribution in [3.05, 3.63) is 65.2 Å². The maximum absolute atomic E-state index is 13.2. The van der Waals surface area contributed by atoms with Gasteiger partial charge in [0.15, 0.2) is 0 Å². The Morgan fingerprint density at radius 3 is 2.37 bits per heavy atom. The molecule has 1 fully saturated rings. The molecular weight excluding hydrogens is 368 g/mol. The van der Waals surface area contributed by atoms with Crippen molar-refractivity contribution in [3.63, 3.8) is 0 Å². The minimum atomic E-state index is -1.55. The van der Waals surface area contributed by atoms with Crippen LogP contribution in [0.15, 0.2) is 59.6 Å². The highest BCUT2D eigenvalue weighted by atomic mass is 35.5. The molecule has 0 bridgehead atoms. The number of carbonyl (C=O) groups is 3.